The molecule has 3 rings (SSSR count). The van der Waals surface area contributed by atoms with Crippen molar-refractivity contribution < 1.29 is 19.2 Å². The van der Waals surface area contributed by atoms with Crippen molar-refractivity contribution in [2.75, 3.05) is 6.61 Å². The third-order valence-corrected chi connectivity index (χ3v) is 6.96. The molecule has 0 radical (unpaired) electrons. The molecule has 0 saturated heterocycles. The van der Waals surface area contributed by atoms with Gasteiger partial charge in [0.25, 0.3) is 0 Å². The van der Waals surface area contributed by atoms with Gasteiger partial charge in [-0.1, -0.05) is 59.8 Å². The van der Waals surface area contributed by atoms with Gasteiger partial charge in [-0.25, -0.2) is 4.39 Å². The Morgan fingerprint density at radius 3 is 2.29 bits per heavy atom. The predicted molar refractivity (Wildman–Crippen MR) is 123 cm³/mol. The van der Waals surface area contributed by atoms with Crippen molar-refractivity contribution >= 4 is 20.2 Å². The van der Waals surface area contributed by atoms with Crippen molar-refractivity contribution in [3.63, 3.8) is 0 Å². The molecule has 3 aromatic carbocycles. The number of aryl methyl sites for hydroxylation is 2. The topological polar surface area (TPSA) is 83.6 Å². The molecule has 3 aromatic rings. The van der Waals surface area contributed by atoms with Gasteiger partial charge in [-0.15, -0.1) is 0 Å². The fourth-order valence-electron chi connectivity index (χ4n) is 3.16. The SMILES string of the molecule is Cc1ccc(Sc2ccc(-c3ccc(CCC(N)(CO)C(O)P=O)cc3)c(F)c2)cc1. The zero-order chi connectivity index (χ0) is 22.4. The van der Waals surface area contributed by atoms with Crippen molar-refractivity contribution in [2.45, 2.75) is 40.9 Å². The molecule has 0 aromatic heterocycles. The monoisotopic (exact) mass is 457 g/mol. The van der Waals surface area contributed by atoms with E-state index in [4.69, 9.17) is 5.73 Å². The first kappa shape index (κ1) is 23.6. The van der Waals surface area contributed by atoms with Crippen LogP contribution in [0.5, 0.6) is 0 Å². The highest BCUT2D eigenvalue weighted by molar-refractivity contribution is 7.99. The molecule has 0 aliphatic carbocycles. The largest absolute Gasteiger partial charge is 0.394 e. The molecule has 0 heterocycles. The van der Waals surface area contributed by atoms with Crippen LogP contribution in [0.25, 0.3) is 11.1 Å². The number of aliphatic hydroxyl groups excluding tert-OH is 2. The Labute approximate surface area is 187 Å². The van der Waals surface area contributed by atoms with Gasteiger partial charge in [-0.2, -0.15) is 0 Å². The fourth-order valence-corrected chi connectivity index (χ4v) is 4.42. The van der Waals surface area contributed by atoms with E-state index in [2.05, 4.69) is 0 Å². The summed E-state index contributed by atoms with van der Waals surface area (Å²) in [6.45, 7) is 1.56. The second kappa shape index (κ2) is 10.5. The molecule has 0 saturated carbocycles. The molecule has 2 unspecified atom stereocenters. The van der Waals surface area contributed by atoms with Crippen molar-refractivity contribution in [2.24, 2.45) is 5.73 Å². The molecule has 0 bridgehead atoms. The van der Waals surface area contributed by atoms with Gasteiger partial charge >= 0.3 is 0 Å². The van der Waals surface area contributed by atoms with Gasteiger partial charge in [0, 0.05) is 15.4 Å². The molecule has 0 amide bonds. The average molecular weight is 458 g/mol. The first-order valence-electron chi connectivity index (χ1n) is 9.88. The van der Waals surface area contributed by atoms with Crippen LogP contribution in [0.4, 0.5) is 4.39 Å². The molecule has 0 aliphatic heterocycles. The third-order valence-electron chi connectivity index (χ3n) is 5.25. The Hall–Kier alpha value is -2.08. The van der Waals surface area contributed by atoms with Gasteiger partial charge in [-0.3, -0.25) is 4.57 Å². The maximum Gasteiger partial charge on any atom is 0.189 e. The second-order valence-electron chi connectivity index (χ2n) is 7.62. The van der Waals surface area contributed by atoms with Crippen LogP contribution in [0.15, 0.2) is 76.5 Å². The molecule has 2 atom stereocenters. The van der Waals surface area contributed by atoms with Crippen LogP contribution in [-0.2, 0) is 11.0 Å². The predicted octanol–water partition coefficient (Wildman–Crippen LogP) is 5.18. The molecule has 0 fully saturated rings. The maximum atomic E-state index is 14.8. The number of hydrogen-bond acceptors (Lipinski definition) is 5. The average Bonchev–Trinajstić information content (AvgIpc) is 2.79. The molecule has 162 valence electrons. The van der Waals surface area contributed by atoms with E-state index in [1.54, 1.807) is 12.1 Å². The summed E-state index contributed by atoms with van der Waals surface area (Å²) in [5.41, 5.74) is 8.01. The summed E-state index contributed by atoms with van der Waals surface area (Å²) in [7, 11) is -0.514. The highest BCUT2D eigenvalue weighted by atomic mass is 32.2. The van der Waals surface area contributed by atoms with Gasteiger partial charge in [0.05, 0.1) is 12.1 Å². The van der Waals surface area contributed by atoms with Crippen LogP contribution in [0, 0.1) is 12.7 Å². The van der Waals surface area contributed by atoms with Crippen molar-refractivity contribution in [3.05, 3.63) is 83.7 Å². The number of rotatable bonds is 9. The standard InChI is InChI=1S/C24H25FNO3PS/c1-16-2-8-19(9-3-16)31-20-10-11-21(22(25)14-20)18-6-4-17(5-7-18)12-13-24(26,15-27)23(28)30-29/h2-11,14,23,27-28H,12-13,15,26H2,1H3. The van der Waals surface area contributed by atoms with Gasteiger partial charge in [0.2, 0.25) is 0 Å². The van der Waals surface area contributed by atoms with Crippen LogP contribution >= 0.6 is 20.2 Å². The summed E-state index contributed by atoms with van der Waals surface area (Å²) < 4.78 is 25.7. The third kappa shape index (κ3) is 6.00. The lowest BCUT2D eigenvalue weighted by atomic mass is 9.93. The Bertz CT molecular complexity index is 1030. The van der Waals surface area contributed by atoms with Gasteiger partial charge < -0.3 is 15.9 Å². The van der Waals surface area contributed by atoms with E-state index >= 15 is 0 Å². The molecule has 4 N–H and O–H groups in total. The van der Waals surface area contributed by atoms with E-state index in [1.165, 1.54) is 17.3 Å². The number of nitrogens with two attached hydrogens (primary N) is 1. The van der Waals surface area contributed by atoms with Gasteiger partial charge in [0.15, 0.2) is 14.3 Å². The lowest BCUT2D eigenvalue weighted by Gasteiger charge is -2.28. The zero-order valence-corrected chi connectivity index (χ0v) is 18.9. The van der Waals surface area contributed by atoms with Gasteiger partial charge in [-0.05, 0) is 55.2 Å². The van der Waals surface area contributed by atoms with E-state index in [1.807, 2.05) is 61.5 Å². The second-order valence-corrected chi connectivity index (χ2v) is 9.47. The molecule has 7 heteroatoms. The molecule has 4 nitrogen and oxygen atoms in total. The molecule has 31 heavy (non-hydrogen) atoms. The zero-order valence-electron chi connectivity index (χ0n) is 17.2. The smallest absolute Gasteiger partial charge is 0.189 e. The van der Waals surface area contributed by atoms with Crippen LogP contribution in [0.3, 0.4) is 0 Å². The summed E-state index contributed by atoms with van der Waals surface area (Å²) in [5, 5.41) is 19.2. The van der Waals surface area contributed by atoms with Gasteiger partial charge in [0.1, 0.15) is 5.82 Å². The Morgan fingerprint density at radius 2 is 1.71 bits per heavy atom. The molecule has 0 aliphatic rings. The first-order valence-corrected chi connectivity index (χ1v) is 11.6. The van der Waals surface area contributed by atoms with Crippen molar-refractivity contribution in [1.29, 1.82) is 0 Å². The Balaban J connectivity index is 1.69. The van der Waals surface area contributed by atoms with E-state index in [-0.39, 0.29) is 12.2 Å². The van der Waals surface area contributed by atoms with E-state index in [0.717, 1.165) is 20.9 Å². The highest BCUT2D eigenvalue weighted by Gasteiger charge is 2.33. The number of benzene rings is 3. The van der Waals surface area contributed by atoms with Crippen LogP contribution in [-0.4, -0.2) is 28.2 Å². The first-order chi connectivity index (χ1) is 14.8. The summed E-state index contributed by atoms with van der Waals surface area (Å²) in [6.07, 6.45) is 0.747. The van der Waals surface area contributed by atoms with Crippen molar-refractivity contribution in [1.82, 2.24) is 0 Å². The lowest BCUT2D eigenvalue weighted by molar-refractivity contribution is 0.0896. The van der Waals surface area contributed by atoms with Crippen molar-refractivity contribution in [3.8, 4) is 11.1 Å². The summed E-state index contributed by atoms with van der Waals surface area (Å²) in [5.74, 6) is -1.62. The molecular weight excluding hydrogens is 432 g/mol. The minimum absolute atomic E-state index is 0.262. The van der Waals surface area contributed by atoms with E-state index < -0.39 is 26.5 Å². The summed E-state index contributed by atoms with van der Waals surface area (Å²) in [4.78, 5) is 1.89. The summed E-state index contributed by atoms with van der Waals surface area (Å²) in [6, 6.07) is 20.7. The lowest BCUT2D eigenvalue weighted by Crippen LogP contribution is -2.52. The maximum absolute atomic E-state index is 14.8. The van der Waals surface area contributed by atoms with Crippen LogP contribution in [0.2, 0.25) is 0 Å². The molecule has 0 spiro atoms. The Kier molecular flexibility index (Phi) is 7.98. The fraction of sp³-hybridized carbons (Fsp3) is 0.250. The Morgan fingerprint density at radius 1 is 1.06 bits per heavy atom. The number of hydrogen-bond donors (Lipinski definition) is 3. The quantitative estimate of drug-likeness (QED) is 0.386. The van der Waals surface area contributed by atoms with E-state index in [9.17, 15) is 19.2 Å². The van der Waals surface area contributed by atoms with Crippen LogP contribution in [0.1, 0.15) is 17.5 Å². The van der Waals surface area contributed by atoms with Crippen LogP contribution < -0.4 is 5.73 Å². The molecular formula is C24H25FNO3PS. The minimum Gasteiger partial charge on any atom is -0.394 e. The highest BCUT2D eigenvalue weighted by Crippen LogP contribution is 2.32. The van der Waals surface area contributed by atoms with E-state index in [0.29, 0.717) is 12.0 Å². The summed E-state index contributed by atoms with van der Waals surface area (Å²) >= 11 is 1.52. The number of aliphatic hydroxyl groups is 2. The minimum atomic E-state index is -1.33. The number of halogens is 1. The normalized spacial score (nSPS) is 14.4.